The average molecular weight is 304 g/mol. The number of Topliss-reactive ketones (excluding diaryl/α,β-unsaturated/α-hetero) is 1. The zero-order chi connectivity index (χ0) is 15.7. The molecule has 0 amide bonds. The lowest BCUT2D eigenvalue weighted by Gasteiger charge is -2.62. The van der Waals surface area contributed by atoms with Crippen molar-refractivity contribution in [2.45, 2.75) is 78.2 Å². The maximum Gasteiger partial charge on any atom is 0.133 e. The molecule has 0 bridgehead atoms. The van der Waals surface area contributed by atoms with E-state index >= 15 is 0 Å². The summed E-state index contributed by atoms with van der Waals surface area (Å²) < 4.78 is 0. The zero-order valence-corrected chi connectivity index (χ0v) is 14.5. The first-order valence-corrected chi connectivity index (χ1v) is 9.56. The van der Waals surface area contributed by atoms with Gasteiger partial charge in [-0.25, -0.2) is 0 Å². The number of aliphatic hydroxyl groups is 1. The predicted molar refractivity (Wildman–Crippen MR) is 87.3 cm³/mol. The van der Waals surface area contributed by atoms with Crippen molar-refractivity contribution >= 4 is 5.78 Å². The van der Waals surface area contributed by atoms with Gasteiger partial charge in [0.05, 0.1) is 6.10 Å². The van der Waals surface area contributed by atoms with E-state index in [1.807, 2.05) is 0 Å². The minimum atomic E-state index is -0.0795. The van der Waals surface area contributed by atoms with Gasteiger partial charge in [-0.1, -0.05) is 20.8 Å². The van der Waals surface area contributed by atoms with Crippen molar-refractivity contribution in [2.24, 2.45) is 40.4 Å². The number of ketones is 1. The number of fused-ring (bicyclic) bond motifs is 5. The summed E-state index contributed by atoms with van der Waals surface area (Å²) >= 11 is 0. The molecule has 0 aliphatic heterocycles. The second-order valence-electron chi connectivity index (χ2n) is 9.59. The van der Waals surface area contributed by atoms with Crippen LogP contribution in [0.5, 0.6) is 0 Å². The Labute approximate surface area is 135 Å². The van der Waals surface area contributed by atoms with E-state index in [4.69, 9.17) is 0 Å². The van der Waals surface area contributed by atoms with Gasteiger partial charge in [0.15, 0.2) is 0 Å². The van der Waals surface area contributed by atoms with Crippen LogP contribution in [0.25, 0.3) is 0 Å². The highest BCUT2D eigenvalue weighted by atomic mass is 16.3. The van der Waals surface area contributed by atoms with Crippen LogP contribution in [-0.4, -0.2) is 17.0 Å². The van der Waals surface area contributed by atoms with E-state index in [-0.39, 0.29) is 11.5 Å². The predicted octanol–water partition coefficient (Wildman–Crippen LogP) is 4.21. The van der Waals surface area contributed by atoms with E-state index in [1.54, 1.807) is 0 Å². The summed E-state index contributed by atoms with van der Waals surface area (Å²) in [6, 6.07) is 0. The third kappa shape index (κ3) is 1.85. The molecule has 1 N–H and O–H groups in total. The number of carbonyl (C=O) groups excluding carboxylic acids is 1. The Morgan fingerprint density at radius 3 is 2.55 bits per heavy atom. The Morgan fingerprint density at radius 1 is 1.05 bits per heavy atom. The average Bonchev–Trinajstić information content (AvgIpc) is 2.77. The van der Waals surface area contributed by atoms with Crippen LogP contribution in [-0.2, 0) is 4.79 Å². The monoisotopic (exact) mass is 304 g/mol. The van der Waals surface area contributed by atoms with Crippen LogP contribution >= 0.6 is 0 Å². The fourth-order valence-electron chi connectivity index (χ4n) is 7.40. The van der Waals surface area contributed by atoms with Crippen LogP contribution in [0.1, 0.15) is 72.1 Å². The van der Waals surface area contributed by atoms with Gasteiger partial charge in [0.2, 0.25) is 0 Å². The molecule has 2 heteroatoms. The van der Waals surface area contributed by atoms with Crippen molar-refractivity contribution < 1.29 is 9.90 Å². The summed E-state index contributed by atoms with van der Waals surface area (Å²) in [5.41, 5.74) is 0.559. The van der Waals surface area contributed by atoms with Gasteiger partial charge >= 0.3 is 0 Å². The number of hydrogen-bond donors (Lipinski definition) is 1. The topological polar surface area (TPSA) is 37.3 Å². The van der Waals surface area contributed by atoms with Crippen molar-refractivity contribution in [2.75, 3.05) is 0 Å². The molecule has 4 aliphatic carbocycles. The Balaban J connectivity index is 1.68. The maximum atomic E-state index is 12.0. The molecule has 0 saturated heterocycles. The van der Waals surface area contributed by atoms with E-state index < -0.39 is 0 Å². The second-order valence-corrected chi connectivity index (χ2v) is 9.59. The standard InChI is InChI=1S/C20H32O2/c1-12-10-13-11-14(21)6-8-19(13,2)16-7-9-20(3)15(18(12)16)4-5-17(20)22/h12-13,15-18,22H,4-11H2,1-3H3/t12-,13-,15-,16-,17-,18-,19+,20+/m1/s1. The molecule has 0 heterocycles. The lowest BCUT2D eigenvalue weighted by atomic mass is 9.43. The molecule has 4 aliphatic rings. The normalized spacial score (nSPS) is 57.9. The first kappa shape index (κ1) is 15.2. The molecule has 0 radical (unpaired) electrons. The van der Waals surface area contributed by atoms with Gasteiger partial charge in [0.25, 0.3) is 0 Å². The highest BCUT2D eigenvalue weighted by Gasteiger charge is 2.61. The molecule has 4 fully saturated rings. The number of carbonyl (C=O) groups is 1. The maximum absolute atomic E-state index is 12.0. The number of rotatable bonds is 0. The van der Waals surface area contributed by atoms with E-state index in [0.717, 1.165) is 43.4 Å². The van der Waals surface area contributed by atoms with Crippen LogP contribution in [0.2, 0.25) is 0 Å². The molecule has 22 heavy (non-hydrogen) atoms. The molecule has 0 unspecified atom stereocenters. The second kappa shape index (κ2) is 4.82. The van der Waals surface area contributed by atoms with Crippen molar-refractivity contribution in [3.8, 4) is 0 Å². The van der Waals surface area contributed by atoms with Crippen LogP contribution in [0.3, 0.4) is 0 Å². The SMILES string of the molecule is C[C@@H]1C[C@@H]2CC(=O)CC[C@]2(C)[C@@H]2CC[C@]3(C)[C@H](O)CC[C@@H]3[C@@H]12. The summed E-state index contributed by atoms with van der Waals surface area (Å²) in [5, 5.41) is 10.5. The van der Waals surface area contributed by atoms with Crippen LogP contribution in [0, 0.1) is 40.4 Å². The zero-order valence-electron chi connectivity index (χ0n) is 14.5. The van der Waals surface area contributed by atoms with Crippen molar-refractivity contribution in [1.29, 1.82) is 0 Å². The Kier molecular flexibility index (Phi) is 3.32. The van der Waals surface area contributed by atoms with Crippen LogP contribution < -0.4 is 0 Å². The molecule has 2 nitrogen and oxygen atoms in total. The minimum Gasteiger partial charge on any atom is -0.393 e. The van der Waals surface area contributed by atoms with Gasteiger partial charge < -0.3 is 5.11 Å². The van der Waals surface area contributed by atoms with Gasteiger partial charge in [-0.3, -0.25) is 4.79 Å². The Bertz CT molecular complexity index is 486. The first-order valence-electron chi connectivity index (χ1n) is 9.56. The third-order valence-corrected chi connectivity index (χ3v) is 8.79. The van der Waals surface area contributed by atoms with E-state index in [2.05, 4.69) is 20.8 Å². The molecule has 0 aromatic rings. The van der Waals surface area contributed by atoms with Crippen LogP contribution in [0.4, 0.5) is 0 Å². The summed E-state index contributed by atoms with van der Waals surface area (Å²) in [5.74, 6) is 4.14. The van der Waals surface area contributed by atoms with E-state index in [9.17, 15) is 9.90 Å². The summed E-state index contributed by atoms with van der Waals surface area (Å²) in [6.45, 7) is 7.30. The summed E-state index contributed by atoms with van der Waals surface area (Å²) in [4.78, 5) is 12.0. The van der Waals surface area contributed by atoms with E-state index in [0.29, 0.717) is 23.0 Å². The molecular formula is C20H32O2. The molecule has 0 aromatic carbocycles. The van der Waals surface area contributed by atoms with E-state index in [1.165, 1.54) is 25.7 Å². The van der Waals surface area contributed by atoms with Crippen molar-refractivity contribution in [3.63, 3.8) is 0 Å². The summed E-state index contributed by atoms with van der Waals surface area (Å²) in [7, 11) is 0. The highest BCUT2D eigenvalue weighted by molar-refractivity contribution is 5.79. The van der Waals surface area contributed by atoms with Gasteiger partial charge in [0.1, 0.15) is 5.78 Å². The molecule has 8 atom stereocenters. The fraction of sp³-hybridized carbons (Fsp3) is 0.950. The quantitative estimate of drug-likeness (QED) is 0.728. The Hall–Kier alpha value is -0.370. The van der Waals surface area contributed by atoms with Crippen molar-refractivity contribution in [1.82, 2.24) is 0 Å². The van der Waals surface area contributed by atoms with Crippen molar-refractivity contribution in [3.05, 3.63) is 0 Å². The molecule has 4 saturated carbocycles. The molecular weight excluding hydrogens is 272 g/mol. The molecule has 0 aromatic heterocycles. The highest BCUT2D eigenvalue weighted by Crippen LogP contribution is 2.67. The fourth-order valence-corrected chi connectivity index (χ4v) is 7.40. The van der Waals surface area contributed by atoms with Gasteiger partial charge in [0, 0.05) is 12.8 Å². The van der Waals surface area contributed by atoms with Gasteiger partial charge in [-0.2, -0.15) is 0 Å². The Morgan fingerprint density at radius 2 is 1.77 bits per heavy atom. The third-order valence-electron chi connectivity index (χ3n) is 8.79. The van der Waals surface area contributed by atoms with Crippen LogP contribution in [0.15, 0.2) is 0 Å². The molecule has 4 rings (SSSR count). The smallest absolute Gasteiger partial charge is 0.133 e. The number of aliphatic hydroxyl groups excluding tert-OH is 1. The minimum absolute atomic E-state index is 0.0795. The molecule has 124 valence electrons. The lowest BCUT2D eigenvalue weighted by Crippen LogP contribution is -2.56. The lowest BCUT2D eigenvalue weighted by molar-refractivity contribution is -0.153. The summed E-state index contributed by atoms with van der Waals surface area (Å²) in [6.07, 6.45) is 8.65. The largest absolute Gasteiger partial charge is 0.393 e. The van der Waals surface area contributed by atoms with Gasteiger partial charge in [-0.15, -0.1) is 0 Å². The molecule has 0 spiro atoms. The first-order chi connectivity index (χ1) is 10.4. The van der Waals surface area contributed by atoms with Gasteiger partial charge in [-0.05, 0) is 78.9 Å². The number of hydrogen-bond acceptors (Lipinski definition) is 2.